The quantitative estimate of drug-likeness (QED) is 0.907. The summed E-state index contributed by atoms with van der Waals surface area (Å²) in [6.45, 7) is 0. The Morgan fingerprint density at radius 1 is 1.26 bits per heavy atom. The molecule has 98 valence electrons. The Morgan fingerprint density at radius 3 is 2.58 bits per heavy atom. The highest BCUT2D eigenvalue weighted by Crippen LogP contribution is 2.21. The number of anilines is 1. The molecular formula is C12H7ClFNO4. The summed E-state index contributed by atoms with van der Waals surface area (Å²) in [6, 6.07) is 4.35. The SMILES string of the molecule is O=C(O)c1cc(F)ccc1NC(=O)c1ccoc1Cl. The van der Waals surface area contributed by atoms with Gasteiger partial charge in [0.1, 0.15) is 5.82 Å². The van der Waals surface area contributed by atoms with Crippen LogP contribution in [0.4, 0.5) is 10.1 Å². The molecular weight excluding hydrogens is 277 g/mol. The second-order valence-electron chi connectivity index (χ2n) is 3.56. The summed E-state index contributed by atoms with van der Waals surface area (Å²) in [5.74, 6) is -2.71. The van der Waals surface area contributed by atoms with Crippen LogP contribution in [0.2, 0.25) is 5.22 Å². The first-order valence-corrected chi connectivity index (χ1v) is 5.44. The zero-order valence-electron chi connectivity index (χ0n) is 9.31. The lowest BCUT2D eigenvalue weighted by Crippen LogP contribution is -2.14. The highest BCUT2D eigenvalue weighted by atomic mass is 35.5. The Balaban J connectivity index is 2.32. The first kappa shape index (κ1) is 13.1. The fourth-order valence-corrected chi connectivity index (χ4v) is 1.65. The summed E-state index contributed by atoms with van der Waals surface area (Å²) in [7, 11) is 0. The lowest BCUT2D eigenvalue weighted by molar-refractivity contribution is 0.0697. The number of rotatable bonds is 3. The van der Waals surface area contributed by atoms with E-state index in [0.29, 0.717) is 0 Å². The summed E-state index contributed by atoms with van der Waals surface area (Å²) in [6.07, 6.45) is 1.22. The fraction of sp³-hybridized carbons (Fsp3) is 0. The number of amides is 1. The minimum atomic E-state index is -1.35. The van der Waals surface area contributed by atoms with Crippen molar-refractivity contribution in [2.24, 2.45) is 0 Å². The van der Waals surface area contributed by atoms with Crippen LogP contribution in [0.5, 0.6) is 0 Å². The van der Waals surface area contributed by atoms with E-state index in [1.54, 1.807) is 0 Å². The van der Waals surface area contributed by atoms with Crippen molar-refractivity contribution in [1.82, 2.24) is 0 Å². The molecule has 0 unspecified atom stereocenters. The van der Waals surface area contributed by atoms with E-state index in [4.69, 9.17) is 21.1 Å². The van der Waals surface area contributed by atoms with Crippen molar-refractivity contribution in [3.8, 4) is 0 Å². The first-order valence-electron chi connectivity index (χ1n) is 5.06. The summed E-state index contributed by atoms with van der Waals surface area (Å²) in [5, 5.41) is 11.1. The Kier molecular flexibility index (Phi) is 3.52. The maximum absolute atomic E-state index is 13.0. The van der Waals surface area contributed by atoms with Crippen LogP contribution in [0.3, 0.4) is 0 Å². The summed E-state index contributed by atoms with van der Waals surface area (Å²) in [5.41, 5.74) is -0.327. The molecule has 19 heavy (non-hydrogen) atoms. The topological polar surface area (TPSA) is 79.5 Å². The van der Waals surface area contributed by atoms with Crippen molar-refractivity contribution < 1.29 is 23.5 Å². The van der Waals surface area contributed by atoms with E-state index < -0.39 is 17.7 Å². The van der Waals surface area contributed by atoms with Gasteiger partial charge in [0.2, 0.25) is 5.22 Å². The van der Waals surface area contributed by atoms with Gasteiger partial charge in [0.25, 0.3) is 5.91 Å². The number of nitrogens with one attached hydrogen (secondary N) is 1. The van der Waals surface area contributed by atoms with Crippen molar-refractivity contribution in [3.63, 3.8) is 0 Å². The maximum atomic E-state index is 13.0. The van der Waals surface area contributed by atoms with E-state index >= 15 is 0 Å². The van der Waals surface area contributed by atoms with Crippen molar-refractivity contribution in [3.05, 3.63) is 52.7 Å². The van der Waals surface area contributed by atoms with Crippen LogP contribution < -0.4 is 5.32 Å². The van der Waals surface area contributed by atoms with Crippen LogP contribution in [-0.4, -0.2) is 17.0 Å². The van der Waals surface area contributed by atoms with Gasteiger partial charge in [0.15, 0.2) is 0 Å². The lowest BCUT2D eigenvalue weighted by Gasteiger charge is -2.07. The van der Waals surface area contributed by atoms with Crippen molar-refractivity contribution in [1.29, 1.82) is 0 Å². The normalized spacial score (nSPS) is 10.2. The molecule has 0 aliphatic carbocycles. The third-order valence-electron chi connectivity index (χ3n) is 2.32. The zero-order chi connectivity index (χ0) is 14.0. The molecule has 1 heterocycles. The van der Waals surface area contributed by atoms with Gasteiger partial charge in [-0.1, -0.05) is 0 Å². The van der Waals surface area contributed by atoms with Crippen LogP contribution in [0.25, 0.3) is 0 Å². The standard InChI is InChI=1S/C12H7ClFNO4/c13-10-7(3-4-19-10)11(16)15-9-2-1-6(14)5-8(9)12(17)18/h1-5H,(H,15,16)(H,17,18). The molecule has 2 aromatic rings. The number of hydrogen-bond acceptors (Lipinski definition) is 3. The molecule has 1 aromatic carbocycles. The van der Waals surface area contributed by atoms with E-state index in [9.17, 15) is 14.0 Å². The molecule has 0 fully saturated rings. The number of carboxylic acid groups (broad SMARTS) is 1. The van der Waals surface area contributed by atoms with E-state index in [1.165, 1.54) is 12.3 Å². The van der Waals surface area contributed by atoms with Gasteiger partial charge in [0.05, 0.1) is 23.1 Å². The highest BCUT2D eigenvalue weighted by Gasteiger charge is 2.17. The third kappa shape index (κ3) is 2.74. The average molecular weight is 284 g/mol. The summed E-state index contributed by atoms with van der Waals surface area (Å²) in [4.78, 5) is 22.8. The van der Waals surface area contributed by atoms with Gasteiger partial charge in [-0.3, -0.25) is 4.79 Å². The van der Waals surface area contributed by atoms with E-state index in [1.807, 2.05) is 0 Å². The smallest absolute Gasteiger partial charge is 0.337 e. The number of carboxylic acids is 1. The number of furan rings is 1. The fourth-order valence-electron chi connectivity index (χ4n) is 1.45. The molecule has 0 aliphatic rings. The molecule has 0 saturated carbocycles. The van der Waals surface area contributed by atoms with Crippen LogP contribution in [0, 0.1) is 5.82 Å². The van der Waals surface area contributed by atoms with Gasteiger partial charge in [-0.15, -0.1) is 0 Å². The molecule has 2 rings (SSSR count). The second kappa shape index (κ2) is 5.11. The lowest BCUT2D eigenvalue weighted by atomic mass is 10.1. The molecule has 2 N–H and O–H groups in total. The third-order valence-corrected chi connectivity index (χ3v) is 2.62. The maximum Gasteiger partial charge on any atom is 0.337 e. The van der Waals surface area contributed by atoms with Crippen LogP contribution in [0.1, 0.15) is 20.7 Å². The molecule has 7 heteroatoms. The molecule has 0 aliphatic heterocycles. The zero-order valence-corrected chi connectivity index (χ0v) is 10.1. The van der Waals surface area contributed by atoms with Gasteiger partial charge >= 0.3 is 5.97 Å². The minimum absolute atomic E-state index is 0.0313. The Hall–Kier alpha value is -2.34. The molecule has 1 aromatic heterocycles. The van der Waals surface area contributed by atoms with Crippen LogP contribution in [0.15, 0.2) is 34.9 Å². The Bertz CT molecular complexity index is 653. The monoisotopic (exact) mass is 283 g/mol. The van der Waals surface area contributed by atoms with Crippen molar-refractivity contribution >= 4 is 29.2 Å². The molecule has 1 amide bonds. The van der Waals surface area contributed by atoms with Crippen LogP contribution in [-0.2, 0) is 0 Å². The number of carbonyl (C=O) groups excluding carboxylic acids is 1. The first-order chi connectivity index (χ1) is 8.99. The van der Waals surface area contributed by atoms with Gasteiger partial charge in [-0.05, 0) is 35.9 Å². The van der Waals surface area contributed by atoms with Gasteiger partial charge in [-0.2, -0.15) is 0 Å². The number of carbonyl (C=O) groups is 2. The Morgan fingerprint density at radius 2 is 2.00 bits per heavy atom. The predicted octanol–water partition coefficient (Wildman–Crippen LogP) is 3.02. The van der Waals surface area contributed by atoms with E-state index in [-0.39, 0.29) is 22.0 Å². The largest absolute Gasteiger partial charge is 0.478 e. The van der Waals surface area contributed by atoms with Crippen molar-refractivity contribution in [2.45, 2.75) is 0 Å². The Labute approximate surface area is 111 Å². The second-order valence-corrected chi connectivity index (χ2v) is 3.90. The average Bonchev–Trinajstić information content (AvgIpc) is 2.77. The molecule has 0 atom stereocenters. The molecule has 0 saturated heterocycles. The predicted molar refractivity (Wildman–Crippen MR) is 65.0 cm³/mol. The van der Waals surface area contributed by atoms with Gasteiger partial charge in [0, 0.05) is 0 Å². The number of hydrogen-bond donors (Lipinski definition) is 2. The molecule has 0 bridgehead atoms. The summed E-state index contributed by atoms with van der Waals surface area (Å²) < 4.78 is 17.7. The number of benzene rings is 1. The molecule has 0 radical (unpaired) electrons. The minimum Gasteiger partial charge on any atom is -0.478 e. The molecule has 0 spiro atoms. The highest BCUT2D eigenvalue weighted by molar-refractivity contribution is 6.32. The van der Waals surface area contributed by atoms with E-state index in [2.05, 4.69) is 5.32 Å². The van der Waals surface area contributed by atoms with Crippen molar-refractivity contribution in [2.75, 3.05) is 5.32 Å². The van der Waals surface area contributed by atoms with Gasteiger partial charge in [-0.25, -0.2) is 9.18 Å². The van der Waals surface area contributed by atoms with E-state index in [0.717, 1.165) is 18.2 Å². The van der Waals surface area contributed by atoms with Crippen LogP contribution >= 0.6 is 11.6 Å². The number of halogens is 2. The number of aromatic carboxylic acids is 1. The molecule has 5 nitrogen and oxygen atoms in total. The van der Waals surface area contributed by atoms with Gasteiger partial charge < -0.3 is 14.8 Å². The summed E-state index contributed by atoms with van der Waals surface area (Å²) >= 11 is 5.62.